The molecule has 1 aromatic heterocycles. The number of aryl methyl sites for hydroxylation is 1. The predicted molar refractivity (Wildman–Crippen MR) is 136 cm³/mol. The van der Waals surface area contributed by atoms with Gasteiger partial charge >= 0.3 is 6.03 Å². The van der Waals surface area contributed by atoms with Crippen molar-refractivity contribution in [3.8, 4) is 0 Å². The number of benzene rings is 2. The van der Waals surface area contributed by atoms with Crippen LogP contribution in [-0.2, 0) is 11.2 Å². The first-order valence-electron chi connectivity index (χ1n) is 11.6. The molecule has 0 atom stereocenters. The molecule has 34 heavy (non-hydrogen) atoms. The summed E-state index contributed by atoms with van der Waals surface area (Å²) >= 11 is 5.90. The fourth-order valence-electron chi connectivity index (χ4n) is 4.27. The summed E-state index contributed by atoms with van der Waals surface area (Å²) < 4.78 is 0. The average molecular weight is 480 g/mol. The minimum atomic E-state index is -0.222. The third kappa shape index (κ3) is 6.68. The van der Waals surface area contributed by atoms with Gasteiger partial charge in [0.2, 0.25) is 5.91 Å². The molecule has 1 aliphatic rings. The summed E-state index contributed by atoms with van der Waals surface area (Å²) in [5.41, 5.74) is 3.44. The monoisotopic (exact) mass is 479 g/mol. The van der Waals surface area contributed by atoms with Crippen molar-refractivity contribution >= 4 is 40.1 Å². The van der Waals surface area contributed by atoms with Crippen LogP contribution in [-0.4, -0.2) is 54.0 Å². The molecule has 178 valence electrons. The lowest BCUT2D eigenvalue weighted by Crippen LogP contribution is -2.47. The van der Waals surface area contributed by atoms with Gasteiger partial charge in [0.25, 0.3) is 0 Å². The third-order valence-corrected chi connectivity index (χ3v) is 6.29. The van der Waals surface area contributed by atoms with Crippen molar-refractivity contribution in [3.05, 3.63) is 70.9 Å². The van der Waals surface area contributed by atoms with Crippen molar-refractivity contribution in [3.63, 3.8) is 0 Å². The predicted octanol–water partition coefficient (Wildman–Crippen LogP) is 4.14. The zero-order valence-electron chi connectivity index (χ0n) is 19.3. The Labute approximate surface area is 204 Å². The number of halogens is 1. The number of fused-ring (bicyclic) bond motifs is 1. The van der Waals surface area contributed by atoms with Gasteiger partial charge in [0.05, 0.1) is 17.6 Å². The van der Waals surface area contributed by atoms with Gasteiger partial charge in [-0.05, 0) is 49.6 Å². The van der Waals surface area contributed by atoms with E-state index in [-0.39, 0.29) is 18.0 Å². The molecule has 1 aliphatic heterocycles. The molecule has 8 heteroatoms. The Morgan fingerprint density at radius 1 is 1.09 bits per heavy atom. The van der Waals surface area contributed by atoms with E-state index in [0.29, 0.717) is 18.0 Å². The molecule has 3 N–H and O–H groups in total. The second kappa shape index (κ2) is 11.3. The van der Waals surface area contributed by atoms with Gasteiger partial charge in [-0.1, -0.05) is 41.9 Å². The van der Waals surface area contributed by atoms with Crippen molar-refractivity contribution in [1.82, 2.24) is 20.5 Å². The maximum absolute atomic E-state index is 12.4. The van der Waals surface area contributed by atoms with Crippen LogP contribution in [0.25, 0.3) is 10.9 Å². The molecule has 3 amide bonds. The molecule has 3 aromatic rings. The molecule has 0 bridgehead atoms. The fraction of sp³-hybridized carbons (Fsp3) is 0.346. The number of hydrogen-bond donors (Lipinski definition) is 3. The summed E-state index contributed by atoms with van der Waals surface area (Å²) in [6.07, 6.45) is 2.17. The molecule has 1 saturated heterocycles. The Morgan fingerprint density at radius 3 is 2.59 bits per heavy atom. The van der Waals surface area contributed by atoms with Crippen LogP contribution in [0.15, 0.2) is 54.6 Å². The number of aromatic nitrogens is 1. The second-order valence-corrected chi connectivity index (χ2v) is 9.13. The summed E-state index contributed by atoms with van der Waals surface area (Å²) in [5, 5.41) is 10.6. The fourth-order valence-corrected chi connectivity index (χ4v) is 4.40. The number of piperidine rings is 1. The normalized spacial score (nSPS) is 14.6. The van der Waals surface area contributed by atoms with E-state index in [9.17, 15) is 9.59 Å². The van der Waals surface area contributed by atoms with Crippen molar-refractivity contribution in [2.45, 2.75) is 32.2 Å². The van der Waals surface area contributed by atoms with Crippen molar-refractivity contribution in [2.24, 2.45) is 0 Å². The number of hydrogen-bond acceptors (Lipinski definition) is 4. The Hall–Kier alpha value is -3.16. The van der Waals surface area contributed by atoms with E-state index in [1.54, 1.807) is 12.1 Å². The Kier molecular flexibility index (Phi) is 7.98. The van der Waals surface area contributed by atoms with Gasteiger partial charge < -0.3 is 20.9 Å². The van der Waals surface area contributed by atoms with Crippen LogP contribution in [0.3, 0.4) is 0 Å². The summed E-state index contributed by atoms with van der Waals surface area (Å²) in [6.45, 7) is 5.03. The smallest absolute Gasteiger partial charge is 0.319 e. The van der Waals surface area contributed by atoms with Gasteiger partial charge in [0.15, 0.2) is 0 Å². The highest BCUT2D eigenvalue weighted by Gasteiger charge is 2.20. The molecule has 4 rings (SSSR count). The molecule has 2 heterocycles. The van der Waals surface area contributed by atoms with Gasteiger partial charge in [-0.25, -0.2) is 4.79 Å². The zero-order valence-corrected chi connectivity index (χ0v) is 20.1. The van der Waals surface area contributed by atoms with Gasteiger partial charge in [0.1, 0.15) is 0 Å². The Balaban J connectivity index is 1.16. The van der Waals surface area contributed by atoms with E-state index in [1.807, 2.05) is 49.4 Å². The Bertz CT molecular complexity index is 1140. The molecule has 7 nitrogen and oxygen atoms in total. The molecule has 0 spiro atoms. The Morgan fingerprint density at radius 2 is 1.82 bits per heavy atom. The number of rotatable bonds is 7. The number of likely N-dealkylation sites (tertiary alicyclic amines) is 1. The van der Waals surface area contributed by atoms with Gasteiger partial charge in [0, 0.05) is 48.3 Å². The van der Waals surface area contributed by atoms with E-state index in [2.05, 4.69) is 25.8 Å². The lowest BCUT2D eigenvalue weighted by Gasteiger charge is -2.32. The SMILES string of the molecule is Cc1cc(NC(=O)NCCN2CCC(NC(=O)Cc3ccc(Cl)cc3)CC2)c2ccccc2n1. The molecule has 0 saturated carbocycles. The number of anilines is 1. The number of carbonyl (C=O) groups is 2. The first kappa shape index (κ1) is 24.0. The molecule has 1 fully saturated rings. The van der Waals surface area contributed by atoms with E-state index >= 15 is 0 Å². The summed E-state index contributed by atoms with van der Waals surface area (Å²) in [6, 6.07) is 17.0. The van der Waals surface area contributed by atoms with Crippen LogP contribution in [0.1, 0.15) is 24.1 Å². The van der Waals surface area contributed by atoms with Crippen LogP contribution < -0.4 is 16.0 Å². The highest BCUT2D eigenvalue weighted by atomic mass is 35.5. The number of pyridine rings is 1. The van der Waals surface area contributed by atoms with Crippen LogP contribution in [0, 0.1) is 6.92 Å². The van der Waals surface area contributed by atoms with E-state index < -0.39 is 0 Å². The van der Waals surface area contributed by atoms with Crippen LogP contribution in [0.2, 0.25) is 5.02 Å². The summed E-state index contributed by atoms with van der Waals surface area (Å²) in [5.74, 6) is 0.0398. The largest absolute Gasteiger partial charge is 0.353 e. The zero-order chi connectivity index (χ0) is 23.9. The number of nitrogens with zero attached hydrogens (tertiary/aromatic N) is 2. The van der Waals surface area contributed by atoms with Crippen LogP contribution >= 0.6 is 11.6 Å². The number of nitrogens with one attached hydrogen (secondary N) is 3. The standard InChI is InChI=1S/C26H30ClN5O2/c1-18-16-24(22-4-2-3-5-23(22)29-18)31-26(34)28-12-15-32-13-10-21(11-14-32)30-25(33)17-19-6-8-20(27)9-7-19/h2-9,16,21H,10-15,17H2,1H3,(H,30,33)(H2,28,29,31,34). The number of urea groups is 1. The quantitative estimate of drug-likeness (QED) is 0.475. The summed E-state index contributed by atoms with van der Waals surface area (Å²) in [4.78, 5) is 31.6. The average Bonchev–Trinajstić information content (AvgIpc) is 2.81. The second-order valence-electron chi connectivity index (χ2n) is 8.70. The number of carbonyl (C=O) groups excluding carboxylic acids is 2. The molecule has 0 radical (unpaired) electrons. The first-order valence-corrected chi connectivity index (χ1v) is 12.0. The van der Waals surface area contributed by atoms with Crippen molar-refractivity contribution in [2.75, 3.05) is 31.5 Å². The summed E-state index contributed by atoms with van der Waals surface area (Å²) in [7, 11) is 0. The van der Waals surface area contributed by atoms with E-state index in [4.69, 9.17) is 11.6 Å². The highest BCUT2D eigenvalue weighted by Crippen LogP contribution is 2.22. The number of amides is 3. The maximum atomic E-state index is 12.4. The third-order valence-electron chi connectivity index (χ3n) is 6.04. The minimum Gasteiger partial charge on any atom is -0.353 e. The molecule has 2 aromatic carbocycles. The topological polar surface area (TPSA) is 86.4 Å². The van der Waals surface area contributed by atoms with Crippen molar-refractivity contribution in [1.29, 1.82) is 0 Å². The first-order chi connectivity index (χ1) is 16.5. The van der Waals surface area contributed by atoms with Crippen molar-refractivity contribution < 1.29 is 9.59 Å². The highest BCUT2D eigenvalue weighted by molar-refractivity contribution is 6.30. The van der Waals surface area contributed by atoms with E-state index in [1.165, 1.54) is 0 Å². The maximum Gasteiger partial charge on any atom is 0.319 e. The van der Waals surface area contributed by atoms with Crippen LogP contribution in [0.4, 0.5) is 10.5 Å². The van der Waals surface area contributed by atoms with E-state index in [0.717, 1.165) is 60.3 Å². The van der Waals surface area contributed by atoms with Gasteiger partial charge in [-0.15, -0.1) is 0 Å². The number of para-hydroxylation sites is 1. The van der Waals surface area contributed by atoms with Gasteiger partial charge in [-0.2, -0.15) is 0 Å². The minimum absolute atomic E-state index is 0.0398. The van der Waals surface area contributed by atoms with Gasteiger partial charge in [-0.3, -0.25) is 9.78 Å². The lowest BCUT2D eigenvalue weighted by molar-refractivity contribution is -0.121. The van der Waals surface area contributed by atoms with Crippen LogP contribution in [0.5, 0.6) is 0 Å². The molecule has 0 aliphatic carbocycles. The molecular formula is C26H30ClN5O2. The molecular weight excluding hydrogens is 450 g/mol. The molecule has 0 unspecified atom stereocenters. The lowest BCUT2D eigenvalue weighted by atomic mass is 10.0.